The standard InChI is InChI=1S/C25H21F5N4O3/c26-24(27)13-23(14-31,18-5-6-18)34(15-24)21(35)12-33-22(36)20-9-10-32-11-17(20)4-1-16-2-7-19(8-3-16)37-25(28,29)30/h1-4,7-11,18H,5-6,12-13,15H2,(H,33,36)/b4-1+/t23-/m0/s1. The van der Waals surface area contributed by atoms with Crippen molar-refractivity contribution in [2.45, 2.75) is 37.1 Å². The minimum absolute atomic E-state index is 0.136. The first-order chi connectivity index (χ1) is 17.4. The first-order valence-corrected chi connectivity index (χ1v) is 11.3. The van der Waals surface area contributed by atoms with E-state index in [0.29, 0.717) is 24.0 Å². The van der Waals surface area contributed by atoms with Crippen molar-refractivity contribution in [3.8, 4) is 11.8 Å². The van der Waals surface area contributed by atoms with Crippen LogP contribution < -0.4 is 10.1 Å². The Labute approximate surface area is 208 Å². The van der Waals surface area contributed by atoms with Gasteiger partial charge in [0.15, 0.2) is 0 Å². The van der Waals surface area contributed by atoms with E-state index in [4.69, 9.17) is 0 Å². The Balaban J connectivity index is 1.42. The van der Waals surface area contributed by atoms with Gasteiger partial charge in [0.2, 0.25) is 5.91 Å². The third-order valence-corrected chi connectivity index (χ3v) is 6.21. The second-order valence-electron chi connectivity index (χ2n) is 8.92. The number of nitriles is 1. The molecule has 1 saturated carbocycles. The van der Waals surface area contributed by atoms with Crippen molar-refractivity contribution >= 4 is 24.0 Å². The van der Waals surface area contributed by atoms with Crippen molar-refractivity contribution in [3.05, 3.63) is 59.4 Å². The zero-order valence-electron chi connectivity index (χ0n) is 19.3. The Kier molecular flexibility index (Phi) is 6.90. The van der Waals surface area contributed by atoms with Crippen LogP contribution in [0.4, 0.5) is 22.0 Å². The van der Waals surface area contributed by atoms with Crippen molar-refractivity contribution in [1.29, 1.82) is 5.26 Å². The van der Waals surface area contributed by atoms with Gasteiger partial charge < -0.3 is 15.0 Å². The average Bonchev–Trinajstić information content (AvgIpc) is 3.65. The van der Waals surface area contributed by atoms with Gasteiger partial charge in [0.1, 0.15) is 11.3 Å². The largest absolute Gasteiger partial charge is 0.573 e. The summed E-state index contributed by atoms with van der Waals surface area (Å²) >= 11 is 0. The van der Waals surface area contributed by atoms with Crippen molar-refractivity contribution in [2.75, 3.05) is 13.1 Å². The summed E-state index contributed by atoms with van der Waals surface area (Å²) in [5.74, 6) is -5.31. The molecule has 2 amide bonds. The van der Waals surface area contributed by atoms with Crippen LogP contribution in [0, 0.1) is 17.2 Å². The SMILES string of the molecule is N#C[C@]1(C2CC2)CC(F)(F)CN1C(=O)CNC(=O)c1ccncc1/C=C/c1ccc(OC(F)(F)F)cc1. The molecule has 7 nitrogen and oxygen atoms in total. The second-order valence-corrected chi connectivity index (χ2v) is 8.92. The number of carbonyl (C=O) groups is 2. The maximum atomic E-state index is 14.2. The number of nitrogens with zero attached hydrogens (tertiary/aromatic N) is 3. The fourth-order valence-corrected chi connectivity index (χ4v) is 4.40. The Morgan fingerprint density at radius 3 is 2.51 bits per heavy atom. The minimum atomic E-state index is -4.81. The van der Waals surface area contributed by atoms with Crippen LogP contribution in [0.25, 0.3) is 12.2 Å². The number of aromatic nitrogens is 1. The summed E-state index contributed by atoms with van der Waals surface area (Å²) in [5.41, 5.74) is -0.573. The van der Waals surface area contributed by atoms with Gasteiger partial charge in [-0.1, -0.05) is 24.3 Å². The molecule has 2 heterocycles. The van der Waals surface area contributed by atoms with Crippen LogP contribution in [-0.4, -0.2) is 52.6 Å². The quantitative estimate of drug-likeness (QED) is 0.546. The molecule has 1 saturated heterocycles. The van der Waals surface area contributed by atoms with E-state index in [0.717, 1.165) is 17.0 Å². The van der Waals surface area contributed by atoms with E-state index < -0.39 is 49.1 Å². The van der Waals surface area contributed by atoms with Gasteiger partial charge >= 0.3 is 6.36 Å². The number of ether oxygens (including phenoxy) is 1. The van der Waals surface area contributed by atoms with Crippen LogP contribution in [0.5, 0.6) is 5.75 Å². The lowest BCUT2D eigenvalue weighted by Crippen LogP contribution is -2.51. The highest BCUT2D eigenvalue weighted by molar-refractivity contribution is 6.00. The first-order valence-electron chi connectivity index (χ1n) is 11.3. The highest BCUT2D eigenvalue weighted by atomic mass is 19.4. The fourth-order valence-electron chi connectivity index (χ4n) is 4.40. The molecule has 4 rings (SSSR count). The van der Waals surface area contributed by atoms with Gasteiger partial charge in [-0.25, -0.2) is 8.78 Å². The number of hydrogen-bond acceptors (Lipinski definition) is 5. The van der Waals surface area contributed by atoms with Gasteiger partial charge in [-0.3, -0.25) is 14.6 Å². The van der Waals surface area contributed by atoms with E-state index in [1.165, 1.54) is 36.7 Å². The summed E-state index contributed by atoms with van der Waals surface area (Å²) < 4.78 is 69.1. The number of pyridine rings is 1. The number of nitrogens with one attached hydrogen (secondary N) is 1. The predicted octanol–water partition coefficient (Wildman–Crippen LogP) is 4.42. The highest BCUT2D eigenvalue weighted by Gasteiger charge is 2.62. The Morgan fingerprint density at radius 2 is 1.89 bits per heavy atom. The van der Waals surface area contributed by atoms with Crippen LogP contribution in [0.3, 0.4) is 0 Å². The van der Waals surface area contributed by atoms with Gasteiger partial charge in [-0.2, -0.15) is 5.26 Å². The third-order valence-electron chi connectivity index (χ3n) is 6.21. The molecule has 194 valence electrons. The van der Waals surface area contributed by atoms with Crippen LogP contribution in [0.15, 0.2) is 42.7 Å². The summed E-state index contributed by atoms with van der Waals surface area (Å²) in [4.78, 5) is 30.5. The van der Waals surface area contributed by atoms with E-state index in [1.807, 2.05) is 6.07 Å². The third kappa shape index (κ3) is 6.04. The predicted molar refractivity (Wildman–Crippen MR) is 121 cm³/mol. The average molecular weight is 520 g/mol. The highest BCUT2D eigenvalue weighted by Crippen LogP contribution is 2.52. The molecule has 37 heavy (non-hydrogen) atoms. The number of amides is 2. The number of alkyl halides is 5. The number of halogens is 5. The molecule has 0 radical (unpaired) electrons. The maximum absolute atomic E-state index is 14.2. The topological polar surface area (TPSA) is 95.3 Å². The van der Waals surface area contributed by atoms with Crippen LogP contribution in [0.1, 0.15) is 40.7 Å². The van der Waals surface area contributed by atoms with Crippen molar-refractivity contribution in [1.82, 2.24) is 15.2 Å². The van der Waals surface area contributed by atoms with E-state index >= 15 is 0 Å². The molecule has 1 atom stereocenters. The summed E-state index contributed by atoms with van der Waals surface area (Å²) in [6, 6.07) is 8.38. The number of likely N-dealkylation sites (tertiary alicyclic amines) is 1. The molecule has 1 aliphatic carbocycles. The number of benzene rings is 1. The monoisotopic (exact) mass is 520 g/mol. The smallest absolute Gasteiger partial charge is 0.406 e. The Bertz CT molecular complexity index is 1250. The lowest BCUT2D eigenvalue weighted by molar-refractivity contribution is -0.274. The van der Waals surface area contributed by atoms with E-state index in [9.17, 15) is 36.8 Å². The van der Waals surface area contributed by atoms with Crippen LogP contribution in [0.2, 0.25) is 0 Å². The van der Waals surface area contributed by atoms with Crippen molar-refractivity contribution in [3.63, 3.8) is 0 Å². The zero-order chi connectivity index (χ0) is 26.8. The summed E-state index contributed by atoms with van der Waals surface area (Å²) in [7, 11) is 0. The van der Waals surface area contributed by atoms with Gasteiger partial charge in [-0.05, 0) is 42.5 Å². The molecule has 1 aliphatic heterocycles. The van der Waals surface area contributed by atoms with Crippen molar-refractivity contribution < 1.29 is 36.3 Å². The molecule has 2 aliphatic rings. The van der Waals surface area contributed by atoms with Gasteiger partial charge in [0.05, 0.1) is 25.6 Å². The summed E-state index contributed by atoms with van der Waals surface area (Å²) in [5, 5.41) is 12.1. The van der Waals surface area contributed by atoms with Gasteiger partial charge in [-0.15, -0.1) is 13.2 Å². The fraction of sp³-hybridized carbons (Fsp3) is 0.360. The van der Waals surface area contributed by atoms with E-state index in [-0.39, 0.29) is 17.2 Å². The minimum Gasteiger partial charge on any atom is -0.406 e. The Morgan fingerprint density at radius 1 is 1.19 bits per heavy atom. The normalized spacial score (nSPS) is 21.0. The number of hydrogen-bond donors (Lipinski definition) is 1. The second kappa shape index (κ2) is 9.80. The van der Waals surface area contributed by atoms with E-state index in [1.54, 1.807) is 6.08 Å². The molecule has 1 aromatic heterocycles. The van der Waals surface area contributed by atoms with Crippen LogP contribution >= 0.6 is 0 Å². The molecular weight excluding hydrogens is 499 g/mol. The molecular formula is C25H21F5N4O3. The Hall–Kier alpha value is -4.01. The molecule has 12 heteroatoms. The molecule has 0 bridgehead atoms. The van der Waals surface area contributed by atoms with Gasteiger partial charge in [0.25, 0.3) is 11.8 Å². The number of rotatable bonds is 7. The summed E-state index contributed by atoms with van der Waals surface area (Å²) in [6.07, 6.45) is 1.44. The maximum Gasteiger partial charge on any atom is 0.573 e. The molecule has 2 fully saturated rings. The first kappa shape index (κ1) is 26.1. The molecule has 0 unspecified atom stereocenters. The molecule has 2 aromatic rings. The molecule has 1 aromatic carbocycles. The molecule has 0 spiro atoms. The lowest BCUT2D eigenvalue weighted by atomic mass is 9.91. The van der Waals surface area contributed by atoms with Crippen molar-refractivity contribution in [2.24, 2.45) is 5.92 Å². The van der Waals surface area contributed by atoms with E-state index in [2.05, 4.69) is 15.0 Å². The van der Waals surface area contributed by atoms with Gasteiger partial charge in [0, 0.05) is 23.5 Å². The molecule has 1 N–H and O–H groups in total. The zero-order valence-corrected chi connectivity index (χ0v) is 19.3. The lowest BCUT2D eigenvalue weighted by Gasteiger charge is -2.31. The number of carbonyl (C=O) groups excluding carboxylic acids is 2. The summed E-state index contributed by atoms with van der Waals surface area (Å²) in [6.45, 7) is -1.45. The van der Waals surface area contributed by atoms with Crippen LogP contribution in [-0.2, 0) is 4.79 Å².